The monoisotopic (exact) mass is 253 g/mol. The summed E-state index contributed by atoms with van der Waals surface area (Å²) in [7, 11) is 2.34. The molecule has 0 amide bonds. The molecule has 0 heterocycles. The fourth-order valence-electron chi connectivity index (χ4n) is 4.68. The van der Waals surface area contributed by atoms with Crippen molar-refractivity contribution in [1.82, 2.24) is 4.90 Å². The molecule has 3 unspecified atom stereocenters. The minimum absolute atomic E-state index is 0.579. The quantitative estimate of drug-likeness (QED) is 0.735. The van der Waals surface area contributed by atoms with E-state index < -0.39 is 0 Å². The second kappa shape index (κ2) is 4.77. The Kier molecular flexibility index (Phi) is 3.47. The number of rotatable bonds is 5. The highest BCUT2D eigenvalue weighted by Gasteiger charge is 2.41. The van der Waals surface area contributed by atoms with Crippen LogP contribution in [0.5, 0.6) is 0 Å². The summed E-state index contributed by atoms with van der Waals surface area (Å²) in [6.45, 7) is 2.65. The van der Waals surface area contributed by atoms with Crippen LogP contribution in [0.4, 0.5) is 0 Å². The molecule has 2 bridgehead atoms. The van der Waals surface area contributed by atoms with Crippen molar-refractivity contribution < 1.29 is 0 Å². The molecule has 1 nitrogen and oxygen atoms in total. The van der Waals surface area contributed by atoms with E-state index in [2.05, 4.69) is 24.6 Å². The largest absolute Gasteiger partial charge is 0.306 e. The highest BCUT2D eigenvalue weighted by atomic mass is 32.1. The summed E-state index contributed by atoms with van der Waals surface area (Å²) in [6.07, 6.45) is 10.4. The van der Waals surface area contributed by atoms with E-state index >= 15 is 0 Å². The van der Waals surface area contributed by atoms with Gasteiger partial charge in [0.25, 0.3) is 0 Å². The fraction of sp³-hybridized carbons (Fsp3) is 1.00. The van der Waals surface area contributed by atoms with Gasteiger partial charge in [-0.25, -0.2) is 0 Å². The average molecular weight is 253 g/mol. The van der Waals surface area contributed by atoms with Crippen molar-refractivity contribution in [2.75, 3.05) is 25.9 Å². The van der Waals surface area contributed by atoms with Gasteiger partial charge in [-0.1, -0.05) is 12.8 Å². The van der Waals surface area contributed by atoms with Crippen LogP contribution in [0.15, 0.2) is 0 Å². The van der Waals surface area contributed by atoms with E-state index in [0.717, 1.165) is 23.5 Å². The molecule has 3 aliphatic carbocycles. The molecule has 3 aliphatic rings. The normalized spacial score (nSPS) is 38.6. The molecule has 0 aromatic rings. The lowest BCUT2D eigenvalue weighted by molar-refractivity contribution is 0.0890. The average Bonchev–Trinajstić information content (AvgIpc) is 2.85. The third-order valence-electron chi connectivity index (χ3n) is 5.79. The molecule has 0 spiro atoms. The molecule has 3 atom stereocenters. The van der Waals surface area contributed by atoms with E-state index in [1.165, 1.54) is 51.6 Å². The van der Waals surface area contributed by atoms with E-state index in [9.17, 15) is 0 Å². The first kappa shape index (κ1) is 12.3. The topological polar surface area (TPSA) is 3.24 Å². The van der Waals surface area contributed by atoms with Gasteiger partial charge in [0.2, 0.25) is 0 Å². The maximum absolute atomic E-state index is 4.57. The molecule has 0 aromatic carbocycles. The summed E-state index contributed by atoms with van der Waals surface area (Å²) in [5.41, 5.74) is 0.579. The van der Waals surface area contributed by atoms with Gasteiger partial charge in [-0.3, -0.25) is 0 Å². The first-order valence-corrected chi connectivity index (χ1v) is 8.13. The molecular weight excluding hydrogens is 226 g/mol. The number of thiol groups is 1. The molecule has 0 saturated heterocycles. The van der Waals surface area contributed by atoms with Crippen molar-refractivity contribution in [3.8, 4) is 0 Å². The van der Waals surface area contributed by atoms with Crippen molar-refractivity contribution in [3.63, 3.8) is 0 Å². The zero-order valence-electron chi connectivity index (χ0n) is 11.2. The minimum atomic E-state index is 0.579. The fourth-order valence-corrected chi connectivity index (χ4v) is 5.10. The molecule has 17 heavy (non-hydrogen) atoms. The predicted octanol–water partition coefficient (Wildman–Crippen LogP) is 3.45. The Morgan fingerprint density at radius 1 is 1.24 bits per heavy atom. The van der Waals surface area contributed by atoms with Gasteiger partial charge in [-0.2, -0.15) is 12.6 Å². The van der Waals surface area contributed by atoms with E-state index in [0.29, 0.717) is 5.41 Å². The van der Waals surface area contributed by atoms with Crippen molar-refractivity contribution in [3.05, 3.63) is 0 Å². The number of fused-ring (bicyclic) bond motifs is 2. The summed E-state index contributed by atoms with van der Waals surface area (Å²) in [6, 6.07) is 0. The number of nitrogens with zero attached hydrogens (tertiary/aromatic N) is 1. The van der Waals surface area contributed by atoms with Gasteiger partial charge in [-0.05, 0) is 68.1 Å². The maximum Gasteiger partial charge on any atom is 0.00429 e. The molecule has 0 radical (unpaired) electrons. The first-order chi connectivity index (χ1) is 8.21. The van der Waals surface area contributed by atoms with Crippen LogP contribution in [0.3, 0.4) is 0 Å². The van der Waals surface area contributed by atoms with Crippen molar-refractivity contribution >= 4 is 12.6 Å². The maximum atomic E-state index is 4.57. The molecule has 2 heteroatoms. The number of hydrogen-bond acceptors (Lipinski definition) is 2. The Bertz CT molecular complexity index is 269. The van der Waals surface area contributed by atoms with Crippen molar-refractivity contribution in [2.45, 2.75) is 44.9 Å². The Morgan fingerprint density at radius 3 is 2.53 bits per heavy atom. The standard InChI is InChI=1S/C15H27NS/c1-16(10-15(11-17)5-2-6-15)9-14-8-12-3-4-13(14)7-12/h12-14,17H,2-11H2,1H3. The smallest absolute Gasteiger partial charge is 0.00429 e. The van der Waals surface area contributed by atoms with Crippen LogP contribution in [0, 0.1) is 23.2 Å². The molecule has 0 aromatic heterocycles. The van der Waals surface area contributed by atoms with Gasteiger partial charge in [0.15, 0.2) is 0 Å². The van der Waals surface area contributed by atoms with Gasteiger partial charge < -0.3 is 4.90 Å². The second-order valence-corrected chi connectivity index (χ2v) is 7.46. The lowest BCUT2D eigenvalue weighted by Gasteiger charge is -2.44. The second-order valence-electron chi connectivity index (χ2n) is 7.14. The Labute approximate surface area is 112 Å². The van der Waals surface area contributed by atoms with Crippen LogP contribution >= 0.6 is 12.6 Å². The van der Waals surface area contributed by atoms with Gasteiger partial charge in [0.1, 0.15) is 0 Å². The van der Waals surface area contributed by atoms with Gasteiger partial charge in [0.05, 0.1) is 0 Å². The summed E-state index contributed by atoms with van der Waals surface area (Å²) >= 11 is 4.57. The summed E-state index contributed by atoms with van der Waals surface area (Å²) in [5.74, 6) is 4.29. The summed E-state index contributed by atoms with van der Waals surface area (Å²) < 4.78 is 0. The Hall–Kier alpha value is 0.310. The molecule has 3 rings (SSSR count). The van der Waals surface area contributed by atoms with Crippen LogP contribution in [0.25, 0.3) is 0 Å². The van der Waals surface area contributed by atoms with E-state index in [1.54, 1.807) is 6.42 Å². The number of hydrogen-bond donors (Lipinski definition) is 1. The molecular formula is C15H27NS. The molecule has 3 saturated carbocycles. The third kappa shape index (κ3) is 2.40. The third-order valence-corrected chi connectivity index (χ3v) is 6.46. The molecule has 98 valence electrons. The SMILES string of the molecule is CN(CC1CC2CCC1C2)CC1(CS)CCC1. The van der Waals surface area contributed by atoms with Crippen LogP contribution < -0.4 is 0 Å². The summed E-state index contributed by atoms with van der Waals surface area (Å²) in [4.78, 5) is 2.63. The van der Waals surface area contributed by atoms with Gasteiger partial charge in [0, 0.05) is 13.1 Å². The summed E-state index contributed by atoms with van der Waals surface area (Å²) in [5, 5.41) is 0. The minimum Gasteiger partial charge on any atom is -0.306 e. The van der Waals surface area contributed by atoms with Crippen LogP contribution in [0.1, 0.15) is 44.9 Å². The zero-order valence-corrected chi connectivity index (χ0v) is 12.1. The van der Waals surface area contributed by atoms with Crippen molar-refractivity contribution in [2.24, 2.45) is 23.2 Å². The predicted molar refractivity (Wildman–Crippen MR) is 76.6 cm³/mol. The van der Waals surface area contributed by atoms with Gasteiger partial charge >= 0.3 is 0 Å². The zero-order chi connectivity index (χ0) is 11.9. The van der Waals surface area contributed by atoms with E-state index in [4.69, 9.17) is 0 Å². The lowest BCUT2D eigenvalue weighted by atomic mass is 9.70. The lowest BCUT2D eigenvalue weighted by Crippen LogP contribution is -2.44. The van der Waals surface area contributed by atoms with Crippen LogP contribution in [0.2, 0.25) is 0 Å². The molecule has 0 aliphatic heterocycles. The highest BCUT2D eigenvalue weighted by molar-refractivity contribution is 7.80. The van der Waals surface area contributed by atoms with Gasteiger partial charge in [-0.15, -0.1) is 0 Å². The highest BCUT2D eigenvalue weighted by Crippen LogP contribution is 2.49. The van der Waals surface area contributed by atoms with Crippen molar-refractivity contribution in [1.29, 1.82) is 0 Å². The van der Waals surface area contributed by atoms with Crippen LogP contribution in [-0.2, 0) is 0 Å². The Balaban J connectivity index is 1.48. The van der Waals surface area contributed by atoms with Crippen LogP contribution in [-0.4, -0.2) is 30.8 Å². The first-order valence-electron chi connectivity index (χ1n) is 7.50. The molecule has 3 fully saturated rings. The van der Waals surface area contributed by atoms with E-state index in [1.807, 2.05) is 0 Å². The van der Waals surface area contributed by atoms with E-state index in [-0.39, 0.29) is 0 Å². The molecule has 0 N–H and O–H groups in total. The Morgan fingerprint density at radius 2 is 2.06 bits per heavy atom.